The van der Waals surface area contributed by atoms with Crippen LogP contribution in [0.2, 0.25) is 0 Å². The summed E-state index contributed by atoms with van der Waals surface area (Å²) >= 11 is 0. The van der Waals surface area contributed by atoms with Gasteiger partial charge >= 0.3 is 6.18 Å². The number of ketones is 1. The van der Waals surface area contributed by atoms with Crippen LogP contribution < -0.4 is 0 Å². The lowest BCUT2D eigenvalue weighted by molar-refractivity contribution is -0.148. The Morgan fingerprint density at radius 3 is 2.63 bits per heavy atom. The van der Waals surface area contributed by atoms with E-state index in [1.54, 1.807) is 24.3 Å². The molecule has 1 heterocycles. The molecule has 1 atom stereocenters. The van der Waals surface area contributed by atoms with Crippen molar-refractivity contribution in [2.75, 3.05) is 0 Å². The van der Waals surface area contributed by atoms with Gasteiger partial charge in [-0.15, -0.1) is 0 Å². The summed E-state index contributed by atoms with van der Waals surface area (Å²) in [5.41, 5.74) is 0.983. The summed E-state index contributed by atoms with van der Waals surface area (Å²) in [7, 11) is 0. The van der Waals surface area contributed by atoms with Crippen molar-refractivity contribution in [2.45, 2.75) is 6.18 Å². The number of alkyl halides is 3. The third kappa shape index (κ3) is 1.91. The van der Waals surface area contributed by atoms with Gasteiger partial charge in [0.05, 0.1) is 11.2 Å². The molecule has 0 saturated carbocycles. The monoisotopic (exact) mass is 263 g/mol. The first-order chi connectivity index (χ1) is 8.97. The molecule has 0 radical (unpaired) electrons. The van der Waals surface area contributed by atoms with E-state index < -0.39 is 17.9 Å². The van der Waals surface area contributed by atoms with Crippen molar-refractivity contribution in [3.63, 3.8) is 0 Å². The molecule has 96 valence electrons. The fraction of sp³-hybridized carbons (Fsp3) is 0.143. The second kappa shape index (κ2) is 3.91. The predicted molar refractivity (Wildman–Crippen MR) is 64.7 cm³/mol. The van der Waals surface area contributed by atoms with E-state index in [1.807, 2.05) is 0 Å². The first-order valence-corrected chi connectivity index (χ1v) is 5.66. The third-order valence-electron chi connectivity index (χ3n) is 3.10. The topological polar surface area (TPSA) is 30.0 Å². The predicted octanol–water partition coefficient (Wildman–Crippen LogP) is 3.62. The van der Waals surface area contributed by atoms with Crippen LogP contribution in [0, 0.1) is 5.92 Å². The fourth-order valence-electron chi connectivity index (χ4n) is 2.16. The van der Waals surface area contributed by atoms with Crippen molar-refractivity contribution in [1.82, 2.24) is 4.98 Å². The van der Waals surface area contributed by atoms with Gasteiger partial charge in [0.25, 0.3) is 0 Å². The van der Waals surface area contributed by atoms with E-state index in [2.05, 4.69) is 4.98 Å². The van der Waals surface area contributed by atoms with Gasteiger partial charge in [-0.3, -0.25) is 4.79 Å². The molecular formula is C14H8F3NO. The minimum Gasteiger partial charge on any atom is -0.293 e. The Balaban J connectivity index is 2.19. The van der Waals surface area contributed by atoms with Crippen LogP contribution in [0.5, 0.6) is 0 Å². The number of rotatable bonds is 0. The minimum absolute atomic E-state index is 0.0310. The highest BCUT2D eigenvalue weighted by molar-refractivity contribution is 6.06. The summed E-state index contributed by atoms with van der Waals surface area (Å²) in [6.07, 6.45) is -2.43. The zero-order chi connectivity index (χ0) is 13.6. The highest BCUT2D eigenvalue weighted by atomic mass is 19.4. The minimum atomic E-state index is -4.56. The molecule has 1 aromatic heterocycles. The lowest BCUT2D eigenvalue weighted by Gasteiger charge is -2.20. The number of hydrogen-bond donors (Lipinski definition) is 0. The number of allylic oxidation sites excluding steroid dienone is 1. The quantitative estimate of drug-likeness (QED) is 0.726. The van der Waals surface area contributed by atoms with E-state index in [9.17, 15) is 18.0 Å². The van der Waals surface area contributed by atoms with E-state index in [-0.39, 0.29) is 5.56 Å². The van der Waals surface area contributed by atoms with Gasteiger partial charge in [-0.1, -0.05) is 24.3 Å². The molecule has 1 aliphatic rings. The maximum Gasteiger partial charge on any atom is 0.402 e. The number of halogens is 3. The van der Waals surface area contributed by atoms with Crippen molar-refractivity contribution >= 4 is 22.8 Å². The van der Waals surface area contributed by atoms with E-state index >= 15 is 0 Å². The lowest BCUT2D eigenvalue weighted by atomic mass is 9.89. The van der Waals surface area contributed by atoms with Crippen molar-refractivity contribution in [3.8, 4) is 0 Å². The molecule has 0 saturated heterocycles. The van der Waals surface area contributed by atoms with Crippen molar-refractivity contribution < 1.29 is 18.0 Å². The second-order valence-electron chi connectivity index (χ2n) is 4.36. The summed E-state index contributed by atoms with van der Waals surface area (Å²) in [5, 5.41) is 0.658. The number of benzene rings is 1. The highest BCUT2D eigenvalue weighted by Crippen LogP contribution is 2.35. The van der Waals surface area contributed by atoms with Crippen molar-refractivity contribution in [1.29, 1.82) is 0 Å². The number of nitrogens with zero attached hydrogens (tertiary/aromatic N) is 1. The van der Waals surface area contributed by atoms with Gasteiger partial charge in [0.1, 0.15) is 5.92 Å². The zero-order valence-electron chi connectivity index (χ0n) is 9.61. The van der Waals surface area contributed by atoms with E-state index in [4.69, 9.17) is 0 Å². The normalized spacial score (nSPS) is 18.7. The largest absolute Gasteiger partial charge is 0.402 e. The summed E-state index contributed by atoms with van der Waals surface area (Å²) < 4.78 is 38.1. The average Bonchev–Trinajstić information content (AvgIpc) is 2.36. The molecule has 2 nitrogen and oxygen atoms in total. The standard InChI is InChI=1S/C14H8F3NO/c15-14(16,17)10-5-6-12-9(13(10)19)7-8-3-1-2-4-11(8)18-12/h1-7,10H. The molecule has 0 N–H and O–H groups in total. The summed E-state index contributed by atoms with van der Waals surface area (Å²) in [6.45, 7) is 0. The number of fused-ring (bicyclic) bond motifs is 2. The summed E-state index contributed by atoms with van der Waals surface area (Å²) in [4.78, 5) is 16.1. The number of carbonyl (C=O) groups excluding carboxylic acids is 1. The Morgan fingerprint density at radius 1 is 1.16 bits per heavy atom. The van der Waals surface area contributed by atoms with Crippen LogP contribution in [0.3, 0.4) is 0 Å². The van der Waals surface area contributed by atoms with Crippen LogP contribution in [0.1, 0.15) is 16.1 Å². The van der Waals surface area contributed by atoms with Gasteiger partial charge in [0.2, 0.25) is 0 Å². The first kappa shape index (κ1) is 11.9. The Hall–Kier alpha value is -2.17. The molecule has 1 aromatic carbocycles. The summed E-state index contributed by atoms with van der Waals surface area (Å²) in [6, 6.07) is 8.48. The summed E-state index contributed by atoms with van der Waals surface area (Å²) in [5.74, 6) is -3.01. The number of Topliss-reactive ketones (excluding diaryl/α,β-unsaturated/α-hetero) is 1. The van der Waals surface area contributed by atoms with E-state index in [0.29, 0.717) is 16.6 Å². The van der Waals surface area contributed by atoms with Gasteiger partial charge in [-0.05, 0) is 18.2 Å². The highest BCUT2D eigenvalue weighted by Gasteiger charge is 2.45. The molecule has 0 amide bonds. The van der Waals surface area contributed by atoms with Crippen LogP contribution in [0.15, 0.2) is 36.4 Å². The van der Waals surface area contributed by atoms with Gasteiger partial charge in [0.15, 0.2) is 5.78 Å². The molecule has 19 heavy (non-hydrogen) atoms. The molecule has 5 heteroatoms. The third-order valence-corrected chi connectivity index (χ3v) is 3.10. The molecule has 0 aliphatic heterocycles. The van der Waals surface area contributed by atoms with E-state index in [0.717, 1.165) is 6.08 Å². The van der Waals surface area contributed by atoms with Crippen LogP contribution in [-0.4, -0.2) is 16.9 Å². The molecule has 0 spiro atoms. The molecule has 0 bridgehead atoms. The molecule has 3 rings (SSSR count). The van der Waals surface area contributed by atoms with Crippen LogP contribution >= 0.6 is 0 Å². The lowest BCUT2D eigenvalue weighted by Crippen LogP contribution is -2.31. The molecule has 2 aromatic rings. The zero-order valence-corrected chi connectivity index (χ0v) is 9.61. The van der Waals surface area contributed by atoms with Gasteiger partial charge in [-0.2, -0.15) is 13.2 Å². The van der Waals surface area contributed by atoms with Crippen molar-refractivity contribution in [3.05, 3.63) is 47.7 Å². The number of aromatic nitrogens is 1. The fourth-order valence-corrected chi connectivity index (χ4v) is 2.16. The number of hydrogen-bond acceptors (Lipinski definition) is 2. The van der Waals surface area contributed by atoms with Crippen LogP contribution in [-0.2, 0) is 0 Å². The smallest absolute Gasteiger partial charge is 0.293 e. The number of pyridine rings is 1. The molecular weight excluding hydrogens is 255 g/mol. The maximum atomic E-state index is 12.7. The van der Waals surface area contributed by atoms with Crippen molar-refractivity contribution in [2.24, 2.45) is 5.92 Å². The SMILES string of the molecule is O=C1c2cc3ccccc3nc2C=CC1C(F)(F)F. The van der Waals surface area contributed by atoms with Crippen LogP contribution in [0.25, 0.3) is 17.0 Å². The number of para-hydroxylation sites is 1. The van der Waals surface area contributed by atoms with Gasteiger partial charge in [0, 0.05) is 10.9 Å². The van der Waals surface area contributed by atoms with Gasteiger partial charge < -0.3 is 0 Å². The van der Waals surface area contributed by atoms with Gasteiger partial charge in [-0.25, -0.2) is 4.98 Å². The van der Waals surface area contributed by atoms with E-state index in [1.165, 1.54) is 12.1 Å². The maximum absolute atomic E-state index is 12.7. The Morgan fingerprint density at radius 2 is 1.89 bits per heavy atom. The first-order valence-electron chi connectivity index (χ1n) is 5.66. The Labute approximate surface area is 106 Å². The molecule has 1 aliphatic carbocycles. The second-order valence-corrected chi connectivity index (χ2v) is 4.36. The molecule has 1 unspecified atom stereocenters. The Kier molecular flexibility index (Phi) is 2.45. The van der Waals surface area contributed by atoms with Crippen LogP contribution in [0.4, 0.5) is 13.2 Å². The number of carbonyl (C=O) groups is 1. The Bertz CT molecular complexity index is 703. The molecule has 0 fully saturated rings. The average molecular weight is 263 g/mol.